The SMILES string of the molecule is CCC[N-]CCC.CCC[N-]CCC.CCC[N-]CCC.F[C](F)(F)[GeH][C](F)(F)F.[Zr+4].c1cc[cH-]c1. The van der Waals surface area contributed by atoms with Crippen molar-refractivity contribution in [3.8, 4) is 0 Å². The van der Waals surface area contributed by atoms with Gasteiger partial charge in [0.05, 0.1) is 0 Å². The van der Waals surface area contributed by atoms with E-state index in [0.29, 0.717) is 0 Å². The van der Waals surface area contributed by atoms with E-state index in [-0.39, 0.29) is 26.2 Å². The third-order valence-corrected chi connectivity index (χ3v) is 4.55. The van der Waals surface area contributed by atoms with Crippen LogP contribution < -0.4 is 0 Å². The van der Waals surface area contributed by atoms with E-state index in [2.05, 4.69) is 57.5 Å². The molecule has 1 aromatic rings. The first-order chi connectivity index (χ1) is 16.4. The van der Waals surface area contributed by atoms with Crippen molar-refractivity contribution in [1.82, 2.24) is 0 Å². The molecule has 3 nitrogen and oxygen atoms in total. The van der Waals surface area contributed by atoms with E-state index in [9.17, 15) is 26.3 Å². The van der Waals surface area contributed by atoms with Gasteiger partial charge in [-0.15, -0.1) is 39.3 Å². The minimum Gasteiger partial charge on any atom is -0.214 e. The van der Waals surface area contributed by atoms with Crippen molar-refractivity contribution in [3.63, 3.8) is 0 Å². The molecular weight excluding hydrogens is 620 g/mol. The van der Waals surface area contributed by atoms with E-state index in [1.165, 1.54) is 38.5 Å². The Labute approximate surface area is 242 Å². The zero-order chi connectivity index (χ0) is 27.8. The van der Waals surface area contributed by atoms with E-state index < -0.39 is 25.4 Å². The number of hydrogen-bond donors (Lipinski definition) is 0. The molecule has 0 heterocycles. The maximum atomic E-state index is 10.9. The Morgan fingerprint density at radius 1 is 0.528 bits per heavy atom. The Kier molecular flexibility index (Phi) is 47.9. The predicted octanol–water partition coefficient (Wildman–Crippen LogP) is 9.41. The van der Waals surface area contributed by atoms with Gasteiger partial charge < -0.3 is 16.0 Å². The summed E-state index contributed by atoms with van der Waals surface area (Å²) in [6, 6.07) is 10.0. The molecule has 0 unspecified atom stereocenters. The van der Waals surface area contributed by atoms with Gasteiger partial charge in [-0.25, -0.2) is 12.1 Å². The topological polar surface area (TPSA) is 42.3 Å². The van der Waals surface area contributed by atoms with Crippen molar-refractivity contribution in [2.45, 2.75) is 90.1 Å². The minimum atomic E-state index is -4.98. The summed E-state index contributed by atoms with van der Waals surface area (Å²) < 4.78 is 65.4. The van der Waals surface area contributed by atoms with Gasteiger partial charge >= 0.3 is 78.0 Å². The summed E-state index contributed by atoms with van der Waals surface area (Å²) in [7, 11) is 0. The van der Waals surface area contributed by atoms with Crippen molar-refractivity contribution in [3.05, 3.63) is 46.3 Å². The molecule has 0 aliphatic rings. The zero-order valence-electron chi connectivity index (χ0n) is 23.1. The van der Waals surface area contributed by atoms with Crippen molar-refractivity contribution in [1.29, 1.82) is 0 Å². The van der Waals surface area contributed by atoms with Crippen LogP contribution >= 0.6 is 0 Å². The van der Waals surface area contributed by atoms with Gasteiger partial charge in [0, 0.05) is 0 Å². The van der Waals surface area contributed by atoms with Crippen LogP contribution in [0.3, 0.4) is 0 Å². The molecule has 0 spiro atoms. The molecule has 0 aromatic heterocycles. The summed E-state index contributed by atoms with van der Waals surface area (Å²) >= 11 is -4.06. The van der Waals surface area contributed by atoms with Crippen molar-refractivity contribution in [2.75, 3.05) is 39.3 Å². The molecule has 0 saturated carbocycles. The second-order valence-corrected chi connectivity index (χ2v) is 10.6. The maximum Gasteiger partial charge on any atom is 4.00 e. The van der Waals surface area contributed by atoms with Gasteiger partial charge in [-0.3, -0.25) is 0 Å². The van der Waals surface area contributed by atoms with Crippen LogP contribution in [-0.2, 0) is 26.2 Å². The standard InChI is InChI=1S/3C6H14N.C5H5.C2HF6Ge.Zr/c3*1-3-5-7-6-4-2;1-2-4-5-3-1;3-1(4,5)9-2(6,7)8;/h3*3-6H2,1-2H3;1-5H;9H;/q4*-1;;+4. The first-order valence-corrected chi connectivity index (χ1v) is 14.9. The van der Waals surface area contributed by atoms with Crippen molar-refractivity contribution in [2.24, 2.45) is 0 Å². The molecule has 0 N–H and O–H groups in total. The van der Waals surface area contributed by atoms with Crippen LogP contribution in [0.15, 0.2) is 30.3 Å². The second kappa shape index (κ2) is 37.4. The fourth-order valence-electron chi connectivity index (χ4n) is 1.79. The van der Waals surface area contributed by atoms with Crippen LogP contribution in [0.5, 0.6) is 0 Å². The first kappa shape index (κ1) is 46.1. The Hall–Kier alpha value is 0.236. The fourth-order valence-corrected chi connectivity index (χ4v) is 2.57. The molecule has 1 rings (SSSR count). The van der Waals surface area contributed by atoms with E-state index in [1.54, 1.807) is 0 Å². The van der Waals surface area contributed by atoms with Gasteiger partial charge in [0.2, 0.25) is 0 Å². The smallest absolute Gasteiger partial charge is 0.214 e. The molecule has 0 amide bonds. The number of halogens is 6. The van der Waals surface area contributed by atoms with Crippen LogP contribution in [0.1, 0.15) is 80.1 Å². The summed E-state index contributed by atoms with van der Waals surface area (Å²) in [5.74, 6) is 0. The van der Waals surface area contributed by atoms with E-state index in [0.717, 1.165) is 39.3 Å². The quantitative estimate of drug-likeness (QED) is 0.0923. The Morgan fingerprint density at radius 3 is 0.833 bits per heavy atom. The number of nitrogens with zero attached hydrogens (tertiary/aromatic N) is 3. The van der Waals surface area contributed by atoms with Crippen LogP contribution in [0.25, 0.3) is 16.0 Å². The molecule has 0 aliphatic heterocycles. The molecule has 0 fully saturated rings. The van der Waals surface area contributed by atoms with Crippen LogP contribution in [0, 0.1) is 0 Å². The monoisotopic (exact) mass is 668 g/mol. The van der Waals surface area contributed by atoms with Gasteiger partial charge in [-0.1, -0.05) is 80.1 Å². The molecule has 0 aliphatic carbocycles. The average molecular weight is 669 g/mol. The summed E-state index contributed by atoms with van der Waals surface area (Å²) in [6.45, 7) is 19.2. The zero-order valence-corrected chi connectivity index (χ0v) is 27.9. The number of hydrogen-bond acceptors (Lipinski definition) is 0. The average Bonchev–Trinajstić information content (AvgIpc) is 3.34. The van der Waals surface area contributed by atoms with Gasteiger partial charge in [0.25, 0.3) is 0 Å². The third kappa shape index (κ3) is 70.0. The van der Waals surface area contributed by atoms with Gasteiger partial charge in [0.15, 0.2) is 0 Å². The number of rotatable bonds is 12. The molecule has 0 bridgehead atoms. The molecule has 213 valence electrons. The largest absolute Gasteiger partial charge is 4.00 e. The number of alkyl halides is 6. The molecule has 36 heavy (non-hydrogen) atoms. The summed E-state index contributed by atoms with van der Waals surface area (Å²) in [4.78, 5) is 0. The maximum absolute atomic E-state index is 10.9. The van der Waals surface area contributed by atoms with Crippen LogP contribution in [-0.4, -0.2) is 64.7 Å². The molecule has 11 heteroatoms. The normalized spacial score (nSPS) is 10.1. The van der Waals surface area contributed by atoms with E-state index in [4.69, 9.17) is 0 Å². The van der Waals surface area contributed by atoms with Crippen LogP contribution in [0.2, 0.25) is 0 Å². The summed E-state index contributed by atoms with van der Waals surface area (Å²) in [6.07, 6.45) is 7.17. The Bertz CT molecular complexity index is 383. The Morgan fingerprint density at radius 2 is 0.750 bits per heavy atom. The van der Waals surface area contributed by atoms with Gasteiger partial charge in [0.1, 0.15) is 0 Å². The van der Waals surface area contributed by atoms with Crippen LogP contribution in [0.4, 0.5) is 26.3 Å². The van der Waals surface area contributed by atoms with Crippen molar-refractivity contribution >= 4 is 15.4 Å². The molecule has 1 aromatic carbocycles. The third-order valence-electron chi connectivity index (χ3n) is 3.17. The van der Waals surface area contributed by atoms with E-state index >= 15 is 0 Å². The minimum absolute atomic E-state index is 0. The van der Waals surface area contributed by atoms with E-state index in [1.807, 2.05) is 30.3 Å². The molecule has 0 saturated heterocycles. The summed E-state index contributed by atoms with van der Waals surface area (Å²) in [5, 5.41) is 2.66. The van der Waals surface area contributed by atoms with Gasteiger partial charge in [-0.05, 0) is 0 Å². The van der Waals surface area contributed by atoms with Crippen molar-refractivity contribution < 1.29 is 52.5 Å². The Balaban J connectivity index is -0.000000111. The predicted molar refractivity (Wildman–Crippen MR) is 142 cm³/mol. The second-order valence-electron chi connectivity index (χ2n) is 7.20. The molecule has 1 radical (unpaired) electrons. The summed E-state index contributed by atoms with van der Waals surface area (Å²) in [5.41, 5.74) is 0. The molecular formula is C25H48F6GeN3Zr. The molecule has 0 atom stereocenters. The fraction of sp³-hybridized carbons (Fsp3) is 0.800. The van der Waals surface area contributed by atoms with Gasteiger partial charge in [-0.2, -0.15) is 18.2 Å². The first-order valence-electron chi connectivity index (χ1n) is 12.5.